The third-order valence-electron chi connectivity index (χ3n) is 5.66. The molecule has 4 heterocycles. The molecule has 0 bridgehead atoms. The van der Waals surface area contributed by atoms with Gasteiger partial charge in [-0.05, 0) is 66.1 Å². The highest BCUT2D eigenvalue weighted by atomic mass is 32.1. The van der Waals surface area contributed by atoms with E-state index >= 15 is 0 Å². The Kier molecular flexibility index (Phi) is 5.34. The van der Waals surface area contributed by atoms with Gasteiger partial charge in [0, 0.05) is 32.4 Å². The standard InChI is InChI=1S/C20H26N2O2S/c1-2-19(14-21-8-1)23-11-3-18-4-12-24-20(18)6-9-22(10-7-20)15-17-5-13-25-16-17/h1-2,5,8,13-14,16,18H,3-4,6-7,9-12,15H2/t18-/m0/s1. The fourth-order valence-corrected chi connectivity index (χ4v) is 4.89. The van der Waals surface area contributed by atoms with Gasteiger partial charge in [0.1, 0.15) is 5.75 Å². The molecule has 0 amide bonds. The molecule has 0 unspecified atom stereocenters. The van der Waals surface area contributed by atoms with E-state index in [0.717, 1.165) is 57.9 Å². The monoisotopic (exact) mass is 358 g/mol. The van der Waals surface area contributed by atoms with Crippen LogP contribution in [-0.2, 0) is 11.3 Å². The van der Waals surface area contributed by atoms with Crippen LogP contribution >= 0.6 is 11.3 Å². The van der Waals surface area contributed by atoms with Crippen molar-refractivity contribution in [2.24, 2.45) is 5.92 Å². The fourth-order valence-electron chi connectivity index (χ4n) is 4.23. The van der Waals surface area contributed by atoms with E-state index in [-0.39, 0.29) is 5.60 Å². The summed E-state index contributed by atoms with van der Waals surface area (Å²) in [4.78, 5) is 6.67. The van der Waals surface area contributed by atoms with Crippen LogP contribution in [0.5, 0.6) is 5.75 Å². The van der Waals surface area contributed by atoms with Crippen LogP contribution in [0, 0.1) is 5.92 Å². The van der Waals surface area contributed by atoms with Crippen LogP contribution in [0.3, 0.4) is 0 Å². The third-order valence-corrected chi connectivity index (χ3v) is 6.39. The quantitative estimate of drug-likeness (QED) is 0.782. The first-order chi connectivity index (χ1) is 12.3. The molecule has 1 spiro atoms. The molecule has 0 radical (unpaired) electrons. The first kappa shape index (κ1) is 17.0. The second-order valence-electron chi connectivity index (χ2n) is 7.13. The van der Waals surface area contributed by atoms with Crippen molar-refractivity contribution in [3.63, 3.8) is 0 Å². The van der Waals surface area contributed by atoms with Gasteiger partial charge in [-0.25, -0.2) is 0 Å². The highest BCUT2D eigenvalue weighted by Gasteiger charge is 2.45. The highest BCUT2D eigenvalue weighted by Crippen LogP contribution is 2.42. The van der Waals surface area contributed by atoms with E-state index < -0.39 is 0 Å². The van der Waals surface area contributed by atoms with Crippen molar-refractivity contribution >= 4 is 11.3 Å². The second-order valence-corrected chi connectivity index (χ2v) is 7.91. The number of thiophene rings is 1. The number of aromatic nitrogens is 1. The van der Waals surface area contributed by atoms with Gasteiger partial charge < -0.3 is 9.47 Å². The summed E-state index contributed by atoms with van der Waals surface area (Å²) in [6.07, 6.45) is 8.09. The molecule has 4 nitrogen and oxygen atoms in total. The zero-order valence-corrected chi connectivity index (χ0v) is 15.4. The Balaban J connectivity index is 1.27. The van der Waals surface area contributed by atoms with Gasteiger partial charge >= 0.3 is 0 Å². The number of likely N-dealkylation sites (tertiary alicyclic amines) is 1. The lowest BCUT2D eigenvalue weighted by Gasteiger charge is -2.42. The van der Waals surface area contributed by atoms with E-state index in [1.807, 2.05) is 12.1 Å². The zero-order valence-electron chi connectivity index (χ0n) is 14.6. The van der Waals surface area contributed by atoms with E-state index in [2.05, 4.69) is 26.7 Å². The Bertz CT molecular complexity index is 639. The molecule has 0 aliphatic carbocycles. The zero-order chi connectivity index (χ0) is 17.0. The third kappa shape index (κ3) is 4.05. The van der Waals surface area contributed by atoms with Crippen LogP contribution < -0.4 is 4.74 Å². The van der Waals surface area contributed by atoms with Crippen LogP contribution in [-0.4, -0.2) is 41.8 Å². The maximum atomic E-state index is 6.29. The van der Waals surface area contributed by atoms with Crippen molar-refractivity contribution in [1.82, 2.24) is 9.88 Å². The summed E-state index contributed by atoms with van der Waals surface area (Å²) in [5, 5.41) is 4.42. The molecule has 1 atom stereocenters. The van der Waals surface area contributed by atoms with Gasteiger partial charge in [-0.2, -0.15) is 11.3 Å². The van der Waals surface area contributed by atoms with Crippen LogP contribution in [0.2, 0.25) is 0 Å². The molecule has 2 aliphatic rings. The SMILES string of the molecule is c1cncc(OCC[C@H]2CCOC23CCN(Cc2ccsc2)CC3)c1. The Morgan fingerprint density at radius 1 is 1.32 bits per heavy atom. The summed E-state index contributed by atoms with van der Waals surface area (Å²) in [5.74, 6) is 1.48. The van der Waals surface area contributed by atoms with Crippen molar-refractivity contribution in [3.8, 4) is 5.75 Å². The summed E-state index contributed by atoms with van der Waals surface area (Å²) in [6, 6.07) is 6.12. The highest BCUT2D eigenvalue weighted by molar-refractivity contribution is 7.07. The van der Waals surface area contributed by atoms with Crippen LogP contribution in [0.4, 0.5) is 0 Å². The fraction of sp³-hybridized carbons (Fsp3) is 0.550. The van der Waals surface area contributed by atoms with Crippen molar-refractivity contribution in [2.45, 2.75) is 37.8 Å². The van der Waals surface area contributed by atoms with E-state index in [9.17, 15) is 0 Å². The summed E-state index contributed by atoms with van der Waals surface area (Å²) < 4.78 is 12.2. The van der Waals surface area contributed by atoms with Crippen LogP contribution in [0.15, 0.2) is 41.4 Å². The number of nitrogens with zero attached hydrogens (tertiary/aromatic N) is 2. The van der Waals surface area contributed by atoms with Crippen LogP contribution in [0.1, 0.15) is 31.2 Å². The van der Waals surface area contributed by atoms with E-state index in [0.29, 0.717) is 5.92 Å². The number of hydrogen-bond acceptors (Lipinski definition) is 5. The molecule has 134 valence electrons. The van der Waals surface area contributed by atoms with E-state index in [1.165, 1.54) is 12.0 Å². The predicted octanol–water partition coefficient (Wildman–Crippen LogP) is 3.98. The Hall–Kier alpha value is -1.43. The Morgan fingerprint density at radius 3 is 3.00 bits per heavy atom. The molecule has 0 N–H and O–H groups in total. The molecule has 2 fully saturated rings. The normalized spacial score (nSPS) is 23.1. The number of hydrogen-bond donors (Lipinski definition) is 0. The Labute approximate surface area is 153 Å². The molecule has 2 saturated heterocycles. The molecular formula is C20H26N2O2S. The van der Waals surface area contributed by atoms with E-state index in [4.69, 9.17) is 9.47 Å². The largest absolute Gasteiger partial charge is 0.492 e. The van der Waals surface area contributed by atoms with Gasteiger partial charge in [0.15, 0.2) is 0 Å². The molecular weight excluding hydrogens is 332 g/mol. The van der Waals surface area contributed by atoms with Gasteiger partial charge in [0.05, 0.1) is 18.4 Å². The lowest BCUT2D eigenvalue weighted by Crippen LogP contribution is -2.47. The van der Waals surface area contributed by atoms with Gasteiger partial charge in [-0.15, -0.1) is 0 Å². The van der Waals surface area contributed by atoms with Crippen molar-refractivity contribution < 1.29 is 9.47 Å². The maximum Gasteiger partial charge on any atom is 0.137 e. The summed E-state index contributed by atoms with van der Waals surface area (Å²) in [7, 11) is 0. The van der Waals surface area contributed by atoms with Crippen molar-refractivity contribution in [2.75, 3.05) is 26.3 Å². The molecule has 25 heavy (non-hydrogen) atoms. The first-order valence-electron chi connectivity index (χ1n) is 9.24. The van der Waals surface area contributed by atoms with Gasteiger partial charge in [0.2, 0.25) is 0 Å². The number of rotatable bonds is 6. The topological polar surface area (TPSA) is 34.6 Å². The smallest absolute Gasteiger partial charge is 0.137 e. The summed E-state index contributed by atoms with van der Waals surface area (Å²) in [5.41, 5.74) is 1.53. The average Bonchev–Trinajstić information content (AvgIpc) is 3.29. The van der Waals surface area contributed by atoms with Crippen LogP contribution in [0.25, 0.3) is 0 Å². The number of ether oxygens (including phenoxy) is 2. The lowest BCUT2D eigenvalue weighted by atomic mass is 9.78. The molecule has 0 aromatic carbocycles. The Morgan fingerprint density at radius 2 is 2.24 bits per heavy atom. The van der Waals surface area contributed by atoms with Gasteiger partial charge in [0.25, 0.3) is 0 Å². The van der Waals surface area contributed by atoms with Gasteiger partial charge in [-0.1, -0.05) is 0 Å². The maximum absolute atomic E-state index is 6.29. The molecule has 2 aromatic rings. The molecule has 0 saturated carbocycles. The summed E-state index contributed by atoms with van der Waals surface area (Å²) >= 11 is 1.78. The minimum atomic E-state index is 0.0868. The average molecular weight is 359 g/mol. The molecule has 4 rings (SSSR count). The molecule has 5 heteroatoms. The predicted molar refractivity (Wildman–Crippen MR) is 100.0 cm³/mol. The lowest BCUT2D eigenvalue weighted by molar-refractivity contribution is -0.0708. The minimum Gasteiger partial charge on any atom is -0.492 e. The first-order valence-corrected chi connectivity index (χ1v) is 10.2. The molecule has 2 aliphatic heterocycles. The number of pyridine rings is 1. The van der Waals surface area contributed by atoms with E-state index in [1.54, 1.807) is 23.7 Å². The minimum absolute atomic E-state index is 0.0868. The summed E-state index contributed by atoms with van der Waals surface area (Å²) in [6.45, 7) is 5.00. The van der Waals surface area contributed by atoms with Crippen molar-refractivity contribution in [3.05, 3.63) is 46.9 Å². The second kappa shape index (κ2) is 7.85. The van der Waals surface area contributed by atoms with Crippen molar-refractivity contribution in [1.29, 1.82) is 0 Å². The van der Waals surface area contributed by atoms with Gasteiger partial charge in [-0.3, -0.25) is 9.88 Å². The molecule has 2 aromatic heterocycles. The number of piperidine rings is 1.